The highest BCUT2D eigenvalue weighted by molar-refractivity contribution is 7.09. The molecular formula is C14H17FN2S. The minimum Gasteiger partial charge on any atom is -0.314 e. The van der Waals surface area contributed by atoms with Crippen LogP contribution in [0.2, 0.25) is 0 Å². The Hall–Kier alpha value is -1.26. The fraction of sp³-hybridized carbons (Fsp3) is 0.357. The molecule has 0 fully saturated rings. The van der Waals surface area contributed by atoms with Crippen molar-refractivity contribution in [2.45, 2.75) is 25.8 Å². The van der Waals surface area contributed by atoms with Gasteiger partial charge in [0.15, 0.2) is 0 Å². The number of likely N-dealkylation sites (N-methyl/N-ethyl adjacent to an activating group) is 1. The highest BCUT2D eigenvalue weighted by Gasteiger charge is 2.18. The van der Waals surface area contributed by atoms with Crippen molar-refractivity contribution < 1.29 is 4.39 Å². The molecule has 0 saturated heterocycles. The van der Waals surface area contributed by atoms with Gasteiger partial charge in [-0.15, -0.1) is 11.3 Å². The molecule has 0 amide bonds. The van der Waals surface area contributed by atoms with E-state index in [2.05, 4.69) is 24.1 Å². The van der Waals surface area contributed by atoms with Crippen molar-refractivity contribution in [1.29, 1.82) is 0 Å². The number of nitrogens with zero attached hydrogens (tertiary/aromatic N) is 1. The lowest BCUT2D eigenvalue weighted by Crippen LogP contribution is -2.38. The molecule has 18 heavy (non-hydrogen) atoms. The molecule has 0 spiro atoms. The molecule has 2 rings (SSSR count). The minimum atomic E-state index is -0.220. The molecule has 0 aliphatic rings. The van der Waals surface area contributed by atoms with Crippen molar-refractivity contribution >= 4 is 11.3 Å². The highest BCUT2D eigenvalue weighted by atomic mass is 32.1. The van der Waals surface area contributed by atoms with E-state index in [0.29, 0.717) is 5.56 Å². The Morgan fingerprint density at radius 2 is 2.06 bits per heavy atom. The van der Waals surface area contributed by atoms with Crippen LogP contribution in [-0.2, 0) is 6.42 Å². The quantitative estimate of drug-likeness (QED) is 0.914. The van der Waals surface area contributed by atoms with E-state index in [9.17, 15) is 4.39 Å². The molecule has 0 saturated carbocycles. The zero-order valence-corrected chi connectivity index (χ0v) is 11.6. The monoisotopic (exact) mass is 264 g/mol. The molecule has 96 valence electrons. The molecule has 0 unspecified atom stereocenters. The second-order valence-electron chi connectivity index (χ2n) is 4.92. The molecule has 0 bridgehead atoms. The molecule has 2 aromatic rings. The highest BCUT2D eigenvalue weighted by Crippen LogP contribution is 2.26. The molecular weight excluding hydrogens is 247 g/mol. The van der Waals surface area contributed by atoms with Gasteiger partial charge in [0, 0.05) is 22.9 Å². The van der Waals surface area contributed by atoms with E-state index in [4.69, 9.17) is 0 Å². The second-order valence-corrected chi connectivity index (χ2v) is 5.86. The summed E-state index contributed by atoms with van der Waals surface area (Å²) in [6.07, 6.45) is 0.836. The Labute approximate surface area is 111 Å². The van der Waals surface area contributed by atoms with Crippen molar-refractivity contribution in [3.63, 3.8) is 0 Å². The summed E-state index contributed by atoms with van der Waals surface area (Å²) in [7, 11) is 1.94. The lowest BCUT2D eigenvalue weighted by atomic mass is 10.0. The van der Waals surface area contributed by atoms with Crippen LogP contribution in [0.1, 0.15) is 18.9 Å². The van der Waals surface area contributed by atoms with Crippen LogP contribution in [-0.4, -0.2) is 17.6 Å². The summed E-state index contributed by atoms with van der Waals surface area (Å²) < 4.78 is 13.6. The van der Waals surface area contributed by atoms with Crippen molar-refractivity contribution in [3.8, 4) is 11.3 Å². The maximum absolute atomic E-state index is 13.6. The van der Waals surface area contributed by atoms with Gasteiger partial charge in [0.25, 0.3) is 0 Å². The first kappa shape index (κ1) is 13.2. The molecule has 2 nitrogen and oxygen atoms in total. The second kappa shape index (κ2) is 5.16. The van der Waals surface area contributed by atoms with Crippen LogP contribution < -0.4 is 5.32 Å². The summed E-state index contributed by atoms with van der Waals surface area (Å²) in [5, 5.41) is 6.18. The van der Waals surface area contributed by atoms with E-state index >= 15 is 0 Å². The fourth-order valence-electron chi connectivity index (χ4n) is 1.65. The summed E-state index contributed by atoms with van der Waals surface area (Å²) in [5.74, 6) is -0.220. The standard InChI is InChI=1S/C14H17FN2S/c1-14(2,16-3)8-13-17-12(9-18-13)10-6-4-5-7-11(10)15/h4-7,9,16H,8H2,1-3H3. The largest absolute Gasteiger partial charge is 0.314 e. The van der Waals surface area contributed by atoms with Gasteiger partial charge >= 0.3 is 0 Å². The van der Waals surface area contributed by atoms with Crippen LogP contribution in [0.25, 0.3) is 11.3 Å². The molecule has 4 heteroatoms. The molecule has 0 atom stereocenters. The van der Waals surface area contributed by atoms with E-state index in [0.717, 1.165) is 17.1 Å². The first-order chi connectivity index (χ1) is 8.52. The number of hydrogen-bond donors (Lipinski definition) is 1. The number of thiazole rings is 1. The summed E-state index contributed by atoms with van der Waals surface area (Å²) in [6.45, 7) is 4.24. The van der Waals surface area contributed by atoms with Gasteiger partial charge < -0.3 is 5.32 Å². The smallest absolute Gasteiger partial charge is 0.132 e. The molecule has 1 heterocycles. The normalized spacial score (nSPS) is 11.8. The van der Waals surface area contributed by atoms with Crippen LogP contribution in [0.5, 0.6) is 0 Å². The Morgan fingerprint density at radius 3 is 2.72 bits per heavy atom. The van der Waals surface area contributed by atoms with Crippen LogP contribution in [0.4, 0.5) is 4.39 Å². The fourth-order valence-corrected chi connectivity index (χ4v) is 2.67. The first-order valence-corrected chi connectivity index (χ1v) is 6.78. The zero-order chi connectivity index (χ0) is 13.2. The lowest BCUT2D eigenvalue weighted by Gasteiger charge is -2.22. The van der Waals surface area contributed by atoms with Crippen molar-refractivity contribution in [3.05, 3.63) is 40.5 Å². The molecule has 0 aliphatic heterocycles. The predicted octanol–water partition coefficient (Wildman–Crippen LogP) is 3.49. The minimum absolute atomic E-state index is 0.00432. The number of rotatable bonds is 4. The van der Waals surface area contributed by atoms with Crippen molar-refractivity contribution in [2.24, 2.45) is 0 Å². The van der Waals surface area contributed by atoms with Gasteiger partial charge in [0.2, 0.25) is 0 Å². The summed E-state index contributed by atoms with van der Waals surface area (Å²) >= 11 is 1.58. The van der Waals surface area contributed by atoms with Crippen molar-refractivity contribution in [2.75, 3.05) is 7.05 Å². The molecule has 1 aromatic carbocycles. The average molecular weight is 264 g/mol. The van der Waals surface area contributed by atoms with Crippen LogP contribution >= 0.6 is 11.3 Å². The van der Waals surface area contributed by atoms with Gasteiger partial charge in [-0.3, -0.25) is 0 Å². The summed E-state index contributed by atoms with van der Waals surface area (Å²) in [6, 6.07) is 6.74. The van der Waals surface area contributed by atoms with Crippen LogP contribution in [0.3, 0.4) is 0 Å². The van der Waals surface area contributed by atoms with E-state index in [1.165, 1.54) is 6.07 Å². The number of aromatic nitrogens is 1. The molecule has 0 aliphatic carbocycles. The van der Waals surface area contributed by atoms with Gasteiger partial charge in [-0.2, -0.15) is 0 Å². The van der Waals surface area contributed by atoms with E-state index in [-0.39, 0.29) is 11.4 Å². The van der Waals surface area contributed by atoms with Gasteiger partial charge in [0.05, 0.1) is 10.7 Å². The van der Waals surface area contributed by atoms with Gasteiger partial charge in [-0.05, 0) is 33.0 Å². The maximum Gasteiger partial charge on any atom is 0.132 e. The molecule has 1 N–H and O–H groups in total. The van der Waals surface area contributed by atoms with Gasteiger partial charge in [-0.25, -0.2) is 9.37 Å². The average Bonchev–Trinajstić information content (AvgIpc) is 2.77. The van der Waals surface area contributed by atoms with Gasteiger partial charge in [-0.1, -0.05) is 12.1 Å². The Morgan fingerprint density at radius 1 is 1.33 bits per heavy atom. The van der Waals surface area contributed by atoms with E-state index < -0.39 is 0 Å². The number of halogens is 1. The van der Waals surface area contributed by atoms with Crippen LogP contribution in [0, 0.1) is 5.82 Å². The topological polar surface area (TPSA) is 24.9 Å². The number of benzene rings is 1. The van der Waals surface area contributed by atoms with Crippen LogP contribution in [0.15, 0.2) is 29.6 Å². The summed E-state index contributed by atoms with van der Waals surface area (Å²) in [5.41, 5.74) is 1.30. The van der Waals surface area contributed by atoms with E-state index in [1.54, 1.807) is 23.5 Å². The molecule has 0 radical (unpaired) electrons. The van der Waals surface area contributed by atoms with Gasteiger partial charge in [0.1, 0.15) is 5.82 Å². The Bertz CT molecular complexity index is 534. The summed E-state index contributed by atoms with van der Waals surface area (Å²) in [4.78, 5) is 4.51. The number of nitrogens with one attached hydrogen (secondary N) is 1. The Balaban J connectivity index is 2.24. The Kier molecular flexibility index (Phi) is 3.78. The maximum atomic E-state index is 13.6. The third-order valence-corrected chi connectivity index (χ3v) is 3.82. The zero-order valence-electron chi connectivity index (χ0n) is 10.8. The molecule has 1 aromatic heterocycles. The third-order valence-electron chi connectivity index (χ3n) is 2.97. The SMILES string of the molecule is CNC(C)(C)Cc1nc(-c2ccccc2F)cs1. The third kappa shape index (κ3) is 2.94. The first-order valence-electron chi connectivity index (χ1n) is 5.90. The lowest BCUT2D eigenvalue weighted by molar-refractivity contribution is 0.421. The van der Waals surface area contributed by atoms with E-state index in [1.807, 2.05) is 18.5 Å². The predicted molar refractivity (Wildman–Crippen MR) is 74.4 cm³/mol. The van der Waals surface area contributed by atoms with Crippen molar-refractivity contribution in [1.82, 2.24) is 10.3 Å². The number of hydrogen-bond acceptors (Lipinski definition) is 3.